The number of carbonyl (C=O) groups is 3. The molecule has 0 radical (unpaired) electrons. The van der Waals surface area contributed by atoms with Crippen LogP contribution in [0.25, 0.3) is 22.3 Å². The Kier molecular flexibility index (Phi) is 11.0. The van der Waals surface area contributed by atoms with Crippen molar-refractivity contribution in [1.29, 1.82) is 0 Å². The third-order valence-corrected chi connectivity index (χ3v) is 5.90. The molecule has 0 amide bonds. The van der Waals surface area contributed by atoms with E-state index in [2.05, 4.69) is 20.1 Å². The molecule has 0 aromatic heterocycles. The van der Waals surface area contributed by atoms with Gasteiger partial charge in [0.15, 0.2) is 0 Å². The summed E-state index contributed by atoms with van der Waals surface area (Å²) in [5.74, 6) is 0.0958. The number of hydrogen-bond donors (Lipinski definition) is 0. The fraction of sp³-hybridized carbons (Fsp3) is 0.229. The maximum absolute atomic E-state index is 12.7. The number of rotatable bonds is 12. The van der Waals surface area contributed by atoms with Crippen LogP contribution < -0.4 is 18.9 Å². The smallest absolute Gasteiger partial charge is 0.338 e. The van der Waals surface area contributed by atoms with Crippen LogP contribution in [-0.2, 0) is 14.4 Å². The molecule has 3 aromatic rings. The second-order valence-corrected chi connectivity index (χ2v) is 10.1. The number of unbranched alkanes of at least 4 members (excludes halogenated alkanes) is 1. The topological polar surface area (TPSA) is 88.1 Å². The predicted octanol–water partition coefficient (Wildman–Crippen LogP) is 8.03. The molecule has 3 rings (SSSR count). The lowest BCUT2D eigenvalue weighted by atomic mass is 9.97. The number of esters is 3. The molecular weight excluding hydrogens is 532 g/mol. The number of ether oxygens (including phenoxy) is 4. The molecule has 42 heavy (non-hydrogen) atoms. The monoisotopic (exact) mass is 568 g/mol. The molecule has 0 atom stereocenters. The van der Waals surface area contributed by atoms with E-state index in [4.69, 9.17) is 18.9 Å². The molecule has 0 fully saturated rings. The van der Waals surface area contributed by atoms with Gasteiger partial charge in [-0.2, -0.15) is 0 Å². The zero-order valence-electron chi connectivity index (χ0n) is 24.7. The van der Waals surface area contributed by atoms with Crippen molar-refractivity contribution < 1.29 is 33.3 Å². The normalized spacial score (nSPS) is 10.3. The summed E-state index contributed by atoms with van der Waals surface area (Å²) in [6, 6.07) is 17.4. The molecule has 0 heterocycles. The van der Waals surface area contributed by atoms with E-state index < -0.39 is 17.9 Å². The van der Waals surface area contributed by atoms with Crippen LogP contribution in [0.2, 0.25) is 0 Å². The molecule has 0 spiro atoms. The van der Waals surface area contributed by atoms with Crippen LogP contribution in [0.3, 0.4) is 0 Å². The maximum atomic E-state index is 12.7. The third kappa shape index (κ3) is 8.80. The van der Waals surface area contributed by atoms with Crippen LogP contribution in [-0.4, -0.2) is 24.5 Å². The fourth-order valence-corrected chi connectivity index (χ4v) is 3.71. The largest absolute Gasteiger partial charge is 0.493 e. The molecule has 0 aliphatic heterocycles. The first-order chi connectivity index (χ1) is 20.0. The van der Waals surface area contributed by atoms with Gasteiger partial charge in [0, 0.05) is 28.3 Å². The highest BCUT2D eigenvalue weighted by molar-refractivity contribution is 5.90. The number of carbonyl (C=O) groups excluding carboxylic acids is 3. The van der Waals surface area contributed by atoms with Crippen molar-refractivity contribution >= 4 is 17.9 Å². The molecule has 0 aliphatic rings. The molecule has 7 heteroatoms. The van der Waals surface area contributed by atoms with Crippen molar-refractivity contribution in [3.8, 4) is 45.3 Å². The van der Waals surface area contributed by atoms with E-state index in [-0.39, 0.29) is 0 Å². The van der Waals surface area contributed by atoms with Gasteiger partial charge in [0.2, 0.25) is 0 Å². The van der Waals surface area contributed by atoms with Crippen molar-refractivity contribution in [3.05, 3.63) is 96.6 Å². The summed E-state index contributed by atoms with van der Waals surface area (Å²) in [7, 11) is 0. The molecule has 3 aromatic carbocycles. The molecule has 0 aliphatic carbocycles. The lowest BCUT2D eigenvalue weighted by Gasteiger charge is -2.18. The van der Waals surface area contributed by atoms with E-state index in [0.29, 0.717) is 51.9 Å². The molecule has 0 N–H and O–H groups in total. The molecular formula is C35H36O7. The van der Waals surface area contributed by atoms with Gasteiger partial charge < -0.3 is 18.9 Å². The summed E-state index contributed by atoms with van der Waals surface area (Å²) in [5.41, 5.74) is 4.18. The molecule has 7 nitrogen and oxygen atoms in total. The highest BCUT2D eigenvalue weighted by Gasteiger charge is 2.18. The fourth-order valence-electron chi connectivity index (χ4n) is 3.71. The molecule has 0 unspecified atom stereocenters. The maximum Gasteiger partial charge on any atom is 0.338 e. The Balaban J connectivity index is 2.11. The zero-order chi connectivity index (χ0) is 30.8. The SMILES string of the molecule is C=C(C)C(=O)Oc1ccc(-c2cc(OC(=O)C=C(C)C)c(-c3ccc(OC(=O)C(=C)C)cc3)cc2OCCCC)cc1. The highest BCUT2D eigenvalue weighted by atomic mass is 16.5. The third-order valence-electron chi connectivity index (χ3n) is 5.90. The van der Waals surface area contributed by atoms with Gasteiger partial charge in [0.05, 0.1) is 6.61 Å². The highest BCUT2D eigenvalue weighted by Crippen LogP contribution is 2.42. The second-order valence-electron chi connectivity index (χ2n) is 10.1. The van der Waals surface area contributed by atoms with Crippen molar-refractivity contribution in [2.75, 3.05) is 6.61 Å². The van der Waals surface area contributed by atoms with Crippen LogP contribution in [0.1, 0.15) is 47.5 Å². The summed E-state index contributed by atoms with van der Waals surface area (Å²) in [6.45, 7) is 16.6. The molecule has 218 valence electrons. The second kappa shape index (κ2) is 14.6. The first-order valence-electron chi connectivity index (χ1n) is 13.6. The first kappa shape index (κ1) is 31.6. The van der Waals surface area contributed by atoms with E-state index >= 15 is 0 Å². The quantitative estimate of drug-likeness (QED) is 0.0946. The molecule has 0 bridgehead atoms. The van der Waals surface area contributed by atoms with Crippen LogP contribution in [0.15, 0.2) is 96.6 Å². The van der Waals surface area contributed by atoms with Crippen LogP contribution in [0, 0.1) is 0 Å². The number of hydrogen-bond acceptors (Lipinski definition) is 7. The minimum atomic E-state index is -0.518. The average molecular weight is 569 g/mol. The Morgan fingerprint density at radius 2 is 1.14 bits per heavy atom. The van der Waals surface area contributed by atoms with Crippen LogP contribution in [0.5, 0.6) is 23.0 Å². The van der Waals surface area contributed by atoms with Gasteiger partial charge in [0.25, 0.3) is 0 Å². The van der Waals surface area contributed by atoms with Gasteiger partial charge in [-0.1, -0.05) is 56.3 Å². The van der Waals surface area contributed by atoms with E-state index in [9.17, 15) is 14.4 Å². The summed E-state index contributed by atoms with van der Waals surface area (Å²) in [4.78, 5) is 36.6. The van der Waals surface area contributed by atoms with Gasteiger partial charge in [-0.25, -0.2) is 14.4 Å². The van der Waals surface area contributed by atoms with E-state index in [1.165, 1.54) is 6.08 Å². The average Bonchev–Trinajstić information content (AvgIpc) is 2.94. The Labute approximate surface area is 247 Å². The molecule has 0 saturated heterocycles. The Hall–Kier alpha value is -4.91. The van der Waals surface area contributed by atoms with Crippen molar-refractivity contribution in [2.24, 2.45) is 0 Å². The summed E-state index contributed by atoms with van der Waals surface area (Å²) < 4.78 is 22.7. The van der Waals surface area contributed by atoms with Crippen LogP contribution >= 0.6 is 0 Å². The van der Waals surface area contributed by atoms with E-state index in [1.54, 1.807) is 68.4 Å². The molecule has 0 saturated carbocycles. The van der Waals surface area contributed by atoms with Gasteiger partial charge in [-0.3, -0.25) is 0 Å². The van der Waals surface area contributed by atoms with Gasteiger partial charge in [-0.15, -0.1) is 0 Å². The van der Waals surface area contributed by atoms with Crippen molar-refractivity contribution in [3.63, 3.8) is 0 Å². The first-order valence-corrected chi connectivity index (χ1v) is 13.6. The van der Waals surface area contributed by atoms with Crippen molar-refractivity contribution in [2.45, 2.75) is 47.5 Å². The summed E-state index contributed by atoms with van der Waals surface area (Å²) in [5, 5.41) is 0. The Bertz CT molecular complexity index is 1510. The van der Waals surface area contributed by atoms with Gasteiger partial charge >= 0.3 is 17.9 Å². The number of benzene rings is 3. The van der Waals surface area contributed by atoms with E-state index in [0.717, 1.165) is 29.5 Å². The Morgan fingerprint density at radius 1 is 0.690 bits per heavy atom. The van der Waals surface area contributed by atoms with Crippen molar-refractivity contribution in [1.82, 2.24) is 0 Å². The van der Waals surface area contributed by atoms with E-state index in [1.807, 2.05) is 19.9 Å². The zero-order valence-corrected chi connectivity index (χ0v) is 24.7. The minimum Gasteiger partial charge on any atom is -0.493 e. The number of allylic oxidation sites excluding steroid dienone is 1. The lowest BCUT2D eigenvalue weighted by Crippen LogP contribution is -2.08. The minimum absolute atomic E-state index is 0.291. The summed E-state index contributed by atoms with van der Waals surface area (Å²) >= 11 is 0. The van der Waals surface area contributed by atoms with Crippen LogP contribution in [0.4, 0.5) is 0 Å². The Morgan fingerprint density at radius 3 is 1.57 bits per heavy atom. The standard InChI is InChI=1S/C35H36O7/c1-8-9-18-39-31-20-30(26-12-16-28(17-13-26)41-35(38)24(6)7)32(42-33(36)19-22(2)3)21-29(31)25-10-14-27(15-11-25)40-34(37)23(4)5/h10-17,19-21H,4,6,8-9,18H2,1-3,5,7H3. The van der Waals surface area contributed by atoms with Gasteiger partial charge in [0.1, 0.15) is 23.0 Å². The lowest BCUT2D eigenvalue weighted by molar-refractivity contribution is -0.130. The summed E-state index contributed by atoms with van der Waals surface area (Å²) in [6.07, 6.45) is 3.22. The van der Waals surface area contributed by atoms with Gasteiger partial charge in [-0.05, 0) is 81.6 Å². The predicted molar refractivity (Wildman–Crippen MR) is 164 cm³/mol.